The molecule has 0 aliphatic rings. The van der Waals surface area contributed by atoms with E-state index in [9.17, 15) is 4.79 Å². The van der Waals surface area contributed by atoms with Crippen molar-refractivity contribution in [3.63, 3.8) is 0 Å². The molecule has 0 amide bonds. The molecular formula is C9H18O5Si. The van der Waals surface area contributed by atoms with Crippen LogP contribution in [0, 0.1) is 0 Å². The van der Waals surface area contributed by atoms with Gasteiger partial charge in [-0.25, -0.2) is 4.79 Å². The van der Waals surface area contributed by atoms with Gasteiger partial charge < -0.3 is 18.9 Å². The lowest BCUT2D eigenvalue weighted by Gasteiger charge is -2.14. The first kappa shape index (κ1) is 13.8. The Morgan fingerprint density at radius 3 is 2.07 bits per heavy atom. The van der Waals surface area contributed by atoms with Gasteiger partial charge in [-0.1, -0.05) is 6.92 Å². The van der Waals surface area contributed by atoms with E-state index in [0.29, 0.717) is 0 Å². The highest BCUT2D eigenvalue weighted by atomic mass is 28.1. The third kappa shape index (κ3) is 4.24. The topological polar surface area (TPSA) is 54.0 Å². The monoisotopic (exact) mass is 234 g/mol. The molecule has 0 N–H and O–H groups in total. The Kier molecular flexibility index (Phi) is 6.60. The van der Waals surface area contributed by atoms with Gasteiger partial charge in [0.1, 0.15) is 0 Å². The van der Waals surface area contributed by atoms with Crippen molar-refractivity contribution in [2.75, 3.05) is 21.3 Å². The quantitative estimate of drug-likeness (QED) is 0.274. The number of carbonyl (C=O) groups is 1. The summed E-state index contributed by atoms with van der Waals surface area (Å²) >= 11 is 0. The van der Waals surface area contributed by atoms with E-state index in [-0.39, 0.29) is 17.4 Å². The van der Waals surface area contributed by atoms with Crippen molar-refractivity contribution in [3.05, 3.63) is 11.7 Å². The molecule has 0 aliphatic carbocycles. The number of hydrogen-bond acceptors (Lipinski definition) is 5. The molecule has 6 heteroatoms. The van der Waals surface area contributed by atoms with Crippen LogP contribution >= 0.6 is 0 Å². The Labute approximate surface area is 92.8 Å². The summed E-state index contributed by atoms with van der Waals surface area (Å²) in [7, 11) is 4.93. The first-order valence-corrected chi connectivity index (χ1v) is 5.83. The molecule has 0 aromatic carbocycles. The predicted octanol–water partition coefficient (Wildman–Crippen LogP) is -0.261. The van der Waals surface area contributed by atoms with Crippen molar-refractivity contribution in [3.8, 4) is 0 Å². The molecule has 0 saturated carbocycles. The maximum Gasteiger partial charge on any atom is 0.381 e. The molecule has 0 aromatic rings. The Bertz CT molecular complexity index is 233. The van der Waals surface area contributed by atoms with Gasteiger partial charge in [-0.3, -0.25) is 0 Å². The second kappa shape index (κ2) is 7.16. The second-order valence-electron chi connectivity index (χ2n) is 2.85. The first-order chi connectivity index (χ1) is 7.10. The molecule has 0 aliphatic heterocycles. The summed E-state index contributed by atoms with van der Waals surface area (Å²) in [5.41, 5.74) is -0.0300. The summed E-state index contributed by atoms with van der Waals surface area (Å²) in [4.78, 5) is 11.6. The van der Waals surface area contributed by atoms with E-state index >= 15 is 0 Å². The van der Waals surface area contributed by atoms with E-state index in [1.54, 1.807) is 0 Å². The van der Waals surface area contributed by atoms with Gasteiger partial charge in [0.15, 0.2) is 0 Å². The van der Waals surface area contributed by atoms with E-state index in [4.69, 9.17) is 18.9 Å². The van der Waals surface area contributed by atoms with Crippen LogP contribution in [0.1, 0.15) is 13.3 Å². The maximum absolute atomic E-state index is 11.6. The molecule has 88 valence electrons. The van der Waals surface area contributed by atoms with E-state index in [2.05, 4.69) is 0 Å². The largest absolute Gasteiger partial charge is 0.485 e. The number of rotatable bonds is 6. The second-order valence-corrected chi connectivity index (χ2v) is 4.14. The van der Waals surface area contributed by atoms with E-state index in [1.165, 1.54) is 21.3 Å². The Hall–Kier alpha value is -1.17. The van der Waals surface area contributed by atoms with Gasteiger partial charge in [0.25, 0.3) is 5.76 Å². The molecule has 0 fully saturated rings. The van der Waals surface area contributed by atoms with Gasteiger partial charge in [-0.15, -0.1) is 0 Å². The van der Waals surface area contributed by atoms with Crippen molar-refractivity contribution in [1.29, 1.82) is 0 Å². The van der Waals surface area contributed by atoms with Gasteiger partial charge in [0.2, 0.25) is 0 Å². The number of methoxy groups -OCH3 is 3. The van der Waals surface area contributed by atoms with Crippen molar-refractivity contribution < 1.29 is 23.7 Å². The van der Waals surface area contributed by atoms with Crippen LogP contribution in [0.2, 0.25) is 0 Å². The average Bonchev–Trinajstić information content (AvgIpc) is 2.24. The Morgan fingerprint density at radius 1 is 1.20 bits per heavy atom. The SMILES string of the molecule is CCC([SiH3])OC(=O)C(OC)=C(OC)OC. The minimum Gasteiger partial charge on any atom is -0.485 e. The van der Waals surface area contributed by atoms with Crippen molar-refractivity contribution >= 4 is 16.2 Å². The average molecular weight is 234 g/mol. The highest BCUT2D eigenvalue weighted by Crippen LogP contribution is 2.10. The van der Waals surface area contributed by atoms with Crippen molar-refractivity contribution in [2.24, 2.45) is 0 Å². The molecule has 0 spiro atoms. The van der Waals surface area contributed by atoms with Crippen LogP contribution in [-0.2, 0) is 23.7 Å². The summed E-state index contributed by atoms with van der Waals surface area (Å²) in [6.45, 7) is 1.95. The third-order valence-corrected chi connectivity index (χ3v) is 2.88. The summed E-state index contributed by atoms with van der Waals surface area (Å²) < 4.78 is 19.7. The molecule has 0 saturated heterocycles. The highest BCUT2D eigenvalue weighted by molar-refractivity contribution is 6.12. The van der Waals surface area contributed by atoms with Crippen molar-refractivity contribution in [2.45, 2.75) is 19.1 Å². The molecule has 5 nitrogen and oxygen atoms in total. The lowest BCUT2D eigenvalue weighted by molar-refractivity contribution is -0.145. The molecule has 1 atom stereocenters. The van der Waals surface area contributed by atoms with Gasteiger partial charge >= 0.3 is 11.9 Å². The van der Waals surface area contributed by atoms with Crippen LogP contribution in [0.5, 0.6) is 0 Å². The zero-order valence-electron chi connectivity index (χ0n) is 9.83. The van der Waals surface area contributed by atoms with Crippen LogP contribution < -0.4 is 0 Å². The predicted molar refractivity (Wildman–Crippen MR) is 58.2 cm³/mol. The normalized spacial score (nSPS) is 11.5. The molecule has 0 rings (SSSR count). The van der Waals surface area contributed by atoms with Crippen LogP contribution in [0.4, 0.5) is 0 Å². The molecule has 0 aromatic heterocycles. The fourth-order valence-electron chi connectivity index (χ4n) is 0.838. The highest BCUT2D eigenvalue weighted by Gasteiger charge is 2.21. The molecule has 1 unspecified atom stereocenters. The fourth-order valence-corrected chi connectivity index (χ4v) is 1.05. The zero-order chi connectivity index (χ0) is 11.8. The smallest absolute Gasteiger partial charge is 0.381 e. The maximum atomic E-state index is 11.6. The van der Waals surface area contributed by atoms with Crippen LogP contribution in [-0.4, -0.2) is 43.3 Å². The molecule has 0 radical (unpaired) electrons. The molecular weight excluding hydrogens is 216 g/mol. The standard InChI is InChI=1S/C9H18O5Si/c1-5-6(15)14-8(10)7(11-2)9(12-3)13-4/h6H,5H2,1-4,15H3. The van der Waals surface area contributed by atoms with Crippen LogP contribution in [0.15, 0.2) is 11.7 Å². The van der Waals surface area contributed by atoms with Crippen LogP contribution in [0.25, 0.3) is 0 Å². The zero-order valence-corrected chi connectivity index (χ0v) is 11.8. The number of carbonyl (C=O) groups excluding carboxylic acids is 1. The summed E-state index contributed by atoms with van der Waals surface area (Å²) in [5, 5.41) is 0. The summed E-state index contributed by atoms with van der Waals surface area (Å²) in [6, 6.07) is 0. The molecule has 0 heterocycles. The molecule has 0 bridgehead atoms. The van der Waals surface area contributed by atoms with Crippen LogP contribution in [0.3, 0.4) is 0 Å². The van der Waals surface area contributed by atoms with E-state index < -0.39 is 5.97 Å². The van der Waals surface area contributed by atoms with E-state index in [0.717, 1.165) is 16.7 Å². The minimum atomic E-state index is -0.557. The van der Waals surface area contributed by atoms with Gasteiger partial charge in [-0.2, -0.15) is 0 Å². The third-order valence-electron chi connectivity index (χ3n) is 1.83. The minimum absolute atomic E-state index is 0.0208. The summed E-state index contributed by atoms with van der Waals surface area (Å²) in [6.07, 6.45) is 0.796. The lowest BCUT2D eigenvalue weighted by Crippen LogP contribution is -2.21. The number of ether oxygens (including phenoxy) is 4. The Morgan fingerprint density at radius 2 is 1.73 bits per heavy atom. The molecule has 15 heavy (non-hydrogen) atoms. The number of hydrogen-bond donors (Lipinski definition) is 0. The summed E-state index contributed by atoms with van der Waals surface area (Å²) in [5.74, 6) is -0.584. The lowest BCUT2D eigenvalue weighted by atomic mass is 10.5. The Balaban J connectivity index is 4.66. The van der Waals surface area contributed by atoms with Gasteiger partial charge in [-0.05, 0) is 6.42 Å². The fraction of sp³-hybridized carbons (Fsp3) is 0.667. The van der Waals surface area contributed by atoms with Gasteiger partial charge in [0.05, 0.1) is 37.3 Å². The van der Waals surface area contributed by atoms with Gasteiger partial charge in [0, 0.05) is 0 Å². The first-order valence-electron chi connectivity index (χ1n) is 4.67. The number of esters is 1. The van der Waals surface area contributed by atoms with Crippen molar-refractivity contribution in [1.82, 2.24) is 0 Å². The van der Waals surface area contributed by atoms with E-state index in [1.807, 2.05) is 6.92 Å².